The Morgan fingerprint density at radius 2 is 1.90 bits per heavy atom. The molecule has 2 N–H and O–H groups in total. The number of carboxylic acids is 1. The molecule has 1 rings (SSSR count). The zero-order valence-corrected chi connectivity index (χ0v) is 12.5. The number of nitrogens with one attached hydrogen (secondary N) is 1. The van der Waals surface area contributed by atoms with Crippen LogP contribution < -0.4 is 5.32 Å². The Balaban J connectivity index is 2.86. The minimum absolute atomic E-state index is 0.0305. The third-order valence-corrected chi connectivity index (χ3v) is 3.27. The summed E-state index contributed by atoms with van der Waals surface area (Å²) in [6.07, 6.45) is 0.151. The summed E-state index contributed by atoms with van der Waals surface area (Å²) in [5.74, 6) is -2.28. The number of hydrogen-bond acceptors (Lipinski definition) is 2. The zero-order valence-electron chi connectivity index (χ0n) is 11.0. The van der Waals surface area contributed by atoms with Crippen LogP contribution in [-0.4, -0.2) is 22.5 Å². The number of hydrogen-bond donors (Lipinski definition) is 2. The van der Waals surface area contributed by atoms with Gasteiger partial charge >= 0.3 is 5.97 Å². The van der Waals surface area contributed by atoms with Gasteiger partial charge in [0.2, 0.25) is 0 Å². The fourth-order valence-electron chi connectivity index (χ4n) is 1.55. The van der Waals surface area contributed by atoms with Crippen LogP contribution in [0.5, 0.6) is 0 Å². The van der Waals surface area contributed by atoms with Crippen LogP contribution in [0.15, 0.2) is 12.1 Å². The topological polar surface area (TPSA) is 66.4 Å². The summed E-state index contributed by atoms with van der Waals surface area (Å²) in [4.78, 5) is 22.6. The molecule has 110 valence electrons. The number of rotatable bonds is 5. The van der Waals surface area contributed by atoms with E-state index in [4.69, 9.17) is 28.3 Å². The Bertz CT molecular complexity index is 547. The minimum Gasteiger partial charge on any atom is -0.481 e. The summed E-state index contributed by atoms with van der Waals surface area (Å²) >= 11 is 11.4. The Morgan fingerprint density at radius 3 is 2.45 bits per heavy atom. The second-order valence-corrected chi connectivity index (χ2v) is 5.79. The van der Waals surface area contributed by atoms with Crippen LogP contribution in [0.25, 0.3) is 0 Å². The Hall–Kier alpha value is -1.33. The van der Waals surface area contributed by atoms with Crippen molar-refractivity contribution in [3.05, 3.63) is 33.6 Å². The SMILES string of the molecule is CC(C)(CCC(=O)O)NC(=O)c1cc(F)c(Cl)cc1Cl. The van der Waals surface area contributed by atoms with Gasteiger partial charge in [0.1, 0.15) is 5.82 Å². The first-order valence-electron chi connectivity index (χ1n) is 5.81. The molecule has 0 radical (unpaired) electrons. The van der Waals surface area contributed by atoms with Gasteiger partial charge in [-0.05, 0) is 32.4 Å². The summed E-state index contributed by atoms with van der Waals surface area (Å²) in [6, 6.07) is 2.10. The van der Waals surface area contributed by atoms with E-state index in [1.54, 1.807) is 13.8 Å². The first-order valence-corrected chi connectivity index (χ1v) is 6.57. The first kappa shape index (κ1) is 16.7. The number of carbonyl (C=O) groups excluding carboxylic acids is 1. The molecular formula is C13H14Cl2FNO3. The number of benzene rings is 1. The van der Waals surface area contributed by atoms with E-state index in [2.05, 4.69) is 5.32 Å². The normalized spacial score (nSPS) is 11.2. The van der Waals surface area contributed by atoms with E-state index in [0.29, 0.717) is 0 Å². The lowest BCUT2D eigenvalue weighted by Crippen LogP contribution is -2.43. The maximum atomic E-state index is 13.4. The maximum Gasteiger partial charge on any atom is 0.303 e. The molecule has 1 amide bonds. The van der Waals surface area contributed by atoms with Crippen molar-refractivity contribution < 1.29 is 19.1 Å². The smallest absolute Gasteiger partial charge is 0.303 e. The summed E-state index contributed by atoms with van der Waals surface area (Å²) in [5, 5.41) is 11.1. The average Bonchev–Trinajstić information content (AvgIpc) is 2.30. The van der Waals surface area contributed by atoms with Crippen molar-refractivity contribution in [2.75, 3.05) is 0 Å². The molecular weight excluding hydrogens is 308 g/mol. The van der Waals surface area contributed by atoms with Crippen molar-refractivity contribution in [3.63, 3.8) is 0 Å². The fourth-order valence-corrected chi connectivity index (χ4v) is 2.02. The third-order valence-electron chi connectivity index (χ3n) is 2.67. The molecule has 0 saturated carbocycles. The van der Waals surface area contributed by atoms with E-state index >= 15 is 0 Å². The maximum absolute atomic E-state index is 13.4. The van der Waals surface area contributed by atoms with E-state index in [-0.39, 0.29) is 28.5 Å². The lowest BCUT2D eigenvalue weighted by molar-refractivity contribution is -0.137. The van der Waals surface area contributed by atoms with Gasteiger partial charge in [-0.25, -0.2) is 4.39 Å². The molecule has 7 heteroatoms. The first-order chi connectivity index (χ1) is 9.12. The highest BCUT2D eigenvalue weighted by molar-refractivity contribution is 6.36. The molecule has 0 aliphatic rings. The van der Waals surface area contributed by atoms with Crippen LogP contribution in [0.1, 0.15) is 37.0 Å². The van der Waals surface area contributed by atoms with Gasteiger partial charge < -0.3 is 10.4 Å². The Labute approximate surface area is 125 Å². The summed E-state index contributed by atoms with van der Waals surface area (Å²) in [6.45, 7) is 3.35. The molecule has 0 bridgehead atoms. The summed E-state index contributed by atoms with van der Waals surface area (Å²) < 4.78 is 13.4. The number of carboxylic acid groups (broad SMARTS) is 1. The van der Waals surface area contributed by atoms with Gasteiger partial charge in [0, 0.05) is 12.0 Å². The highest BCUT2D eigenvalue weighted by atomic mass is 35.5. The second kappa shape index (κ2) is 6.41. The van der Waals surface area contributed by atoms with Gasteiger partial charge in [-0.15, -0.1) is 0 Å². The molecule has 0 aliphatic carbocycles. The number of carbonyl (C=O) groups is 2. The van der Waals surface area contributed by atoms with Crippen LogP contribution >= 0.6 is 23.2 Å². The minimum atomic E-state index is -0.956. The lowest BCUT2D eigenvalue weighted by Gasteiger charge is -2.26. The van der Waals surface area contributed by atoms with Crippen LogP contribution in [0.3, 0.4) is 0 Å². The van der Waals surface area contributed by atoms with E-state index in [0.717, 1.165) is 12.1 Å². The number of aliphatic carboxylic acids is 1. The van der Waals surface area contributed by atoms with Gasteiger partial charge in [-0.3, -0.25) is 9.59 Å². The van der Waals surface area contributed by atoms with Gasteiger partial charge in [-0.2, -0.15) is 0 Å². The summed E-state index contributed by atoms with van der Waals surface area (Å²) in [7, 11) is 0. The Morgan fingerprint density at radius 1 is 1.30 bits per heavy atom. The van der Waals surface area contributed by atoms with Crippen LogP contribution in [0.4, 0.5) is 4.39 Å². The van der Waals surface area contributed by atoms with E-state index < -0.39 is 23.2 Å². The number of halogens is 3. The highest BCUT2D eigenvalue weighted by Crippen LogP contribution is 2.25. The van der Waals surface area contributed by atoms with Crippen molar-refractivity contribution in [1.82, 2.24) is 5.32 Å². The van der Waals surface area contributed by atoms with Crippen molar-refractivity contribution in [2.45, 2.75) is 32.2 Å². The average molecular weight is 322 g/mol. The van der Waals surface area contributed by atoms with E-state index in [1.165, 1.54) is 0 Å². The largest absolute Gasteiger partial charge is 0.481 e. The molecule has 20 heavy (non-hydrogen) atoms. The quantitative estimate of drug-likeness (QED) is 0.815. The lowest BCUT2D eigenvalue weighted by atomic mass is 9.97. The van der Waals surface area contributed by atoms with Crippen LogP contribution in [0.2, 0.25) is 10.0 Å². The molecule has 4 nitrogen and oxygen atoms in total. The molecule has 1 aromatic carbocycles. The van der Waals surface area contributed by atoms with Crippen molar-refractivity contribution in [3.8, 4) is 0 Å². The summed E-state index contributed by atoms with van der Waals surface area (Å²) in [5.41, 5.74) is -0.800. The van der Waals surface area contributed by atoms with E-state index in [9.17, 15) is 14.0 Å². The molecule has 0 saturated heterocycles. The predicted octanol–water partition coefficient (Wildman–Crippen LogP) is 3.51. The van der Waals surface area contributed by atoms with E-state index in [1.807, 2.05) is 0 Å². The molecule has 0 aromatic heterocycles. The molecule has 0 aliphatic heterocycles. The van der Waals surface area contributed by atoms with Gasteiger partial charge in [-0.1, -0.05) is 23.2 Å². The van der Waals surface area contributed by atoms with Crippen molar-refractivity contribution in [2.24, 2.45) is 0 Å². The highest BCUT2D eigenvalue weighted by Gasteiger charge is 2.24. The monoisotopic (exact) mass is 321 g/mol. The van der Waals surface area contributed by atoms with Crippen LogP contribution in [-0.2, 0) is 4.79 Å². The predicted molar refractivity (Wildman–Crippen MR) is 74.8 cm³/mol. The molecule has 0 heterocycles. The van der Waals surface area contributed by atoms with Crippen molar-refractivity contribution >= 4 is 35.1 Å². The molecule has 0 unspecified atom stereocenters. The second-order valence-electron chi connectivity index (χ2n) is 4.98. The molecule has 0 atom stereocenters. The zero-order chi connectivity index (χ0) is 15.5. The number of amides is 1. The molecule has 1 aromatic rings. The Kier molecular flexibility index (Phi) is 5.36. The molecule has 0 spiro atoms. The van der Waals surface area contributed by atoms with Crippen LogP contribution in [0, 0.1) is 5.82 Å². The fraction of sp³-hybridized carbons (Fsp3) is 0.385. The van der Waals surface area contributed by atoms with Gasteiger partial charge in [0.05, 0.1) is 15.6 Å². The van der Waals surface area contributed by atoms with Gasteiger partial charge in [0.15, 0.2) is 0 Å². The third kappa shape index (κ3) is 4.65. The molecule has 0 fully saturated rings. The van der Waals surface area contributed by atoms with Gasteiger partial charge in [0.25, 0.3) is 5.91 Å². The van der Waals surface area contributed by atoms with Crippen molar-refractivity contribution in [1.29, 1.82) is 0 Å². The standard InChI is InChI=1S/C13H14Cl2FNO3/c1-13(2,4-3-11(18)19)17-12(20)7-5-10(16)9(15)6-8(7)14/h5-6H,3-4H2,1-2H3,(H,17,20)(H,18,19).